The van der Waals surface area contributed by atoms with Gasteiger partial charge in [-0.2, -0.15) is 0 Å². The summed E-state index contributed by atoms with van der Waals surface area (Å²) in [4.78, 5) is 36.0. The number of nitrogens with zero attached hydrogens (tertiary/aromatic N) is 3. The van der Waals surface area contributed by atoms with E-state index in [1.54, 1.807) is 12.1 Å². The van der Waals surface area contributed by atoms with E-state index in [4.69, 9.17) is 30.5 Å². The number of hydrogen-bond donors (Lipinski definition) is 1. The van der Waals surface area contributed by atoms with E-state index in [0.29, 0.717) is 40.4 Å². The summed E-state index contributed by atoms with van der Waals surface area (Å²) in [6, 6.07) is 9.19. The van der Waals surface area contributed by atoms with Crippen molar-refractivity contribution in [1.82, 2.24) is 14.9 Å². The average molecular weight is 596 g/mol. The first kappa shape index (κ1) is 27.8. The van der Waals surface area contributed by atoms with Crippen molar-refractivity contribution in [1.29, 1.82) is 0 Å². The van der Waals surface area contributed by atoms with Crippen LogP contribution in [0, 0.1) is 0 Å². The first-order chi connectivity index (χ1) is 19.8. The topological polar surface area (TPSA) is 115 Å². The van der Waals surface area contributed by atoms with E-state index in [1.807, 2.05) is 18.2 Å². The fourth-order valence-corrected chi connectivity index (χ4v) is 6.57. The van der Waals surface area contributed by atoms with Gasteiger partial charge in [0.25, 0.3) is 0 Å². The Bertz CT molecular complexity index is 1590. The van der Waals surface area contributed by atoms with Crippen molar-refractivity contribution in [2.24, 2.45) is 0 Å². The molecule has 4 aromatic heterocycles. The van der Waals surface area contributed by atoms with Gasteiger partial charge in [-0.1, -0.05) is 17.7 Å². The summed E-state index contributed by atoms with van der Waals surface area (Å²) in [7, 11) is 0. The zero-order valence-corrected chi connectivity index (χ0v) is 24.2. The minimum absolute atomic E-state index is 0.0115. The molecule has 0 aromatic carbocycles. The normalized spacial score (nSPS) is 18.0. The molecule has 0 unspecified atom stereocenters. The molecule has 0 saturated carbocycles. The van der Waals surface area contributed by atoms with Crippen molar-refractivity contribution in [3.8, 4) is 5.88 Å². The van der Waals surface area contributed by atoms with Crippen molar-refractivity contribution in [2.75, 3.05) is 19.7 Å². The molecule has 6 rings (SSSR count). The molecule has 1 N–H and O–H groups in total. The number of aromatic carboxylic acids is 1. The number of likely N-dealkylation sites (tertiary alicyclic amines) is 1. The van der Waals surface area contributed by atoms with Gasteiger partial charge in [-0.05, 0) is 57.5 Å². The summed E-state index contributed by atoms with van der Waals surface area (Å²) in [6.45, 7) is 4.93. The SMILES string of the molecule is CC(=O)c1cc(Cl)c(COc2cccc(C3CCN(Cc4oc5ncc(C(=O)O)cc5c4C[C@@H]4CCO4)CC3)n2)s1. The molecule has 0 spiro atoms. The number of carboxylic acids is 1. The molecule has 41 heavy (non-hydrogen) atoms. The Labute approximate surface area is 246 Å². The van der Waals surface area contributed by atoms with Gasteiger partial charge >= 0.3 is 5.97 Å². The second kappa shape index (κ2) is 11.9. The minimum atomic E-state index is -1.00. The van der Waals surface area contributed by atoms with Crippen LogP contribution in [0.2, 0.25) is 5.02 Å². The molecule has 0 bridgehead atoms. The third-order valence-corrected chi connectivity index (χ3v) is 9.44. The number of Topliss-reactive ketones (excluding diaryl/α,β-unsaturated/α-hetero) is 1. The van der Waals surface area contributed by atoms with Crippen LogP contribution in [0.3, 0.4) is 0 Å². The molecule has 214 valence electrons. The van der Waals surface area contributed by atoms with Crippen LogP contribution in [0.15, 0.2) is 40.9 Å². The number of carboxylic acid groups (broad SMARTS) is 1. The summed E-state index contributed by atoms with van der Waals surface area (Å²) in [5, 5.41) is 10.8. The summed E-state index contributed by atoms with van der Waals surface area (Å²) < 4.78 is 17.8. The lowest BCUT2D eigenvalue weighted by Gasteiger charge is -2.31. The molecule has 4 aromatic rings. The summed E-state index contributed by atoms with van der Waals surface area (Å²) >= 11 is 7.63. The van der Waals surface area contributed by atoms with Crippen LogP contribution >= 0.6 is 22.9 Å². The second-order valence-corrected chi connectivity index (χ2v) is 12.1. The zero-order valence-electron chi connectivity index (χ0n) is 22.6. The number of carbonyl (C=O) groups is 2. The maximum absolute atomic E-state index is 11.6. The number of thiophene rings is 1. The number of carbonyl (C=O) groups excluding carboxylic acids is 1. The smallest absolute Gasteiger partial charge is 0.337 e. The fourth-order valence-electron chi connectivity index (χ4n) is 5.37. The van der Waals surface area contributed by atoms with Gasteiger partial charge in [0.15, 0.2) is 5.78 Å². The highest BCUT2D eigenvalue weighted by atomic mass is 35.5. The highest BCUT2D eigenvalue weighted by molar-refractivity contribution is 7.14. The lowest BCUT2D eigenvalue weighted by atomic mass is 9.92. The third kappa shape index (κ3) is 6.16. The van der Waals surface area contributed by atoms with Gasteiger partial charge in [0.05, 0.1) is 33.0 Å². The van der Waals surface area contributed by atoms with Crippen LogP contribution in [-0.4, -0.2) is 57.5 Å². The number of rotatable bonds is 10. The van der Waals surface area contributed by atoms with E-state index in [2.05, 4.69) is 9.88 Å². The van der Waals surface area contributed by atoms with Crippen molar-refractivity contribution in [2.45, 2.75) is 57.8 Å². The standard InChI is InChI=1S/C30H30ClN3O6S/c1-17(35)26-13-23(31)27(41-26)16-39-28-4-2-3-24(33-28)18-5-8-34(9-6-18)15-25-21(12-20-7-10-38-20)22-11-19(30(36)37)14-32-29(22)40-25/h2-4,11,13-14,18,20H,5-10,12,15-16H2,1H3,(H,36,37)/t20-/m0/s1. The highest BCUT2D eigenvalue weighted by Crippen LogP contribution is 2.34. The van der Waals surface area contributed by atoms with Gasteiger partial charge in [-0.15, -0.1) is 11.3 Å². The van der Waals surface area contributed by atoms with Crippen molar-refractivity contribution in [3.05, 3.63) is 73.9 Å². The van der Waals surface area contributed by atoms with Crippen molar-refractivity contribution >= 4 is 45.8 Å². The Morgan fingerprint density at radius 3 is 2.71 bits per heavy atom. The lowest BCUT2D eigenvalue weighted by Crippen LogP contribution is -2.33. The number of hydrogen-bond acceptors (Lipinski definition) is 9. The number of furan rings is 1. The molecule has 0 aliphatic carbocycles. The average Bonchev–Trinajstić information content (AvgIpc) is 3.49. The van der Waals surface area contributed by atoms with Gasteiger partial charge in [0.2, 0.25) is 11.6 Å². The Balaban J connectivity index is 1.10. The predicted octanol–water partition coefficient (Wildman–Crippen LogP) is 6.13. The predicted molar refractivity (Wildman–Crippen MR) is 154 cm³/mol. The Hall–Kier alpha value is -3.31. The van der Waals surface area contributed by atoms with E-state index in [0.717, 1.165) is 66.2 Å². The minimum Gasteiger partial charge on any atom is -0.478 e. The maximum atomic E-state index is 11.6. The van der Waals surface area contributed by atoms with Crippen LogP contribution in [0.25, 0.3) is 11.1 Å². The van der Waals surface area contributed by atoms with Crippen LogP contribution in [0.4, 0.5) is 0 Å². The molecule has 6 heterocycles. The Kier molecular flexibility index (Phi) is 8.07. The monoisotopic (exact) mass is 595 g/mol. The van der Waals surface area contributed by atoms with Crippen LogP contribution in [0.5, 0.6) is 5.88 Å². The number of fused-ring (bicyclic) bond motifs is 1. The molecule has 2 fully saturated rings. The van der Waals surface area contributed by atoms with Gasteiger partial charge in [-0.3, -0.25) is 9.69 Å². The Morgan fingerprint density at radius 2 is 2.02 bits per heavy atom. The molecule has 0 radical (unpaired) electrons. The fraction of sp³-hybridized carbons (Fsp3) is 0.400. The molecule has 2 saturated heterocycles. The number of ketones is 1. The van der Waals surface area contributed by atoms with Crippen molar-refractivity contribution < 1.29 is 28.6 Å². The lowest BCUT2D eigenvalue weighted by molar-refractivity contribution is -0.0493. The van der Waals surface area contributed by atoms with E-state index in [9.17, 15) is 14.7 Å². The largest absolute Gasteiger partial charge is 0.478 e. The second-order valence-electron chi connectivity index (χ2n) is 10.5. The molecule has 11 heteroatoms. The summed E-state index contributed by atoms with van der Waals surface area (Å²) in [5.41, 5.74) is 2.62. The summed E-state index contributed by atoms with van der Waals surface area (Å²) in [6.07, 6.45) is 5.03. The van der Waals surface area contributed by atoms with Crippen molar-refractivity contribution in [3.63, 3.8) is 0 Å². The molecular weight excluding hydrogens is 566 g/mol. The van der Waals surface area contributed by atoms with E-state index in [1.165, 1.54) is 24.5 Å². The Morgan fingerprint density at radius 1 is 1.22 bits per heavy atom. The number of halogens is 1. The zero-order chi connectivity index (χ0) is 28.5. The van der Waals surface area contributed by atoms with Crippen LogP contribution in [0.1, 0.15) is 74.0 Å². The number of aromatic nitrogens is 2. The number of piperidine rings is 1. The third-order valence-electron chi connectivity index (χ3n) is 7.78. The van der Waals surface area contributed by atoms with Gasteiger partial charge < -0.3 is 19.0 Å². The van der Waals surface area contributed by atoms with Gasteiger partial charge in [0, 0.05) is 47.9 Å². The molecule has 2 aliphatic heterocycles. The molecular formula is C30H30ClN3O6S. The van der Waals surface area contributed by atoms with E-state index >= 15 is 0 Å². The molecule has 9 nitrogen and oxygen atoms in total. The molecule has 2 aliphatic rings. The maximum Gasteiger partial charge on any atom is 0.337 e. The highest BCUT2D eigenvalue weighted by Gasteiger charge is 2.28. The first-order valence-corrected chi connectivity index (χ1v) is 14.9. The van der Waals surface area contributed by atoms with Crippen LogP contribution < -0.4 is 4.74 Å². The van der Waals surface area contributed by atoms with Gasteiger partial charge in [0.1, 0.15) is 12.4 Å². The molecule has 1 atom stereocenters. The van der Waals surface area contributed by atoms with E-state index in [-0.39, 0.29) is 24.1 Å². The quantitative estimate of drug-likeness (QED) is 0.216. The number of pyridine rings is 2. The first-order valence-electron chi connectivity index (χ1n) is 13.7. The van der Waals surface area contributed by atoms with Gasteiger partial charge in [-0.25, -0.2) is 14.8 Å². The summed E-state index contributed by atoms with van der Waals surface area (Å²) in [5.74, 6) is 0.663. The van der Waals surface area contributed by atoms with E-state index < -0.39 is 5.97 Å². The van der Waals surface area contributed by atoms with Crippen LogP contribution in [-0.2, 0) is 24.3 Å². The number of ether oxygens (including phenoxy) is 2. The molecule has 0 amide bonds.